The molecule has 1 atom stereocenters. The predicted molar refractivity (Wildman–Crippen MR) is 92.8 cm³/mol. The van der Waals surface area contributed by atoms with E-state index in [0.29, 0.717) is 5.41 Å². The van der Waals surface area contributed by atoms with Gasteiger partial charge in [0.05, 0.1) is 17.6 Å². The van der Waals surface area contributed by atoms with Gasteiger partial charge in [0.1, 0.15) is 5.82 Å². The number of benzene rings is 1. The highest BCUT2D eigenvalue weighted by molar-refractivity contribution is 6.31. The third-order valence-electron chi connectivity index (χ3n) is 5.15. The van der Waals surface area contributed by atoms with Crippen molar-refractivity contribution in [3.8, 4) is 0 Å². The summed E-state index contributed by atoms with van der Waals surface area (Å²) in [4.78, 5) is 7.33. The number of halogens is 2. The molecule has 6 heteroatoms. The van der Waals surface area contributed by atoms with Crippen LogP contribution in [0.3, 0.4) is 0 Å². The first kappa shape index (κ1) is 16.1. The summed E-state index contributed by atoms with van der Waals surface area (Å²) in [6, 6.07) is 5.92. The van der Waals surface area contributed by atoms with Crippen molar-refractivity contribution in [1.82, 2.24) is 19.8 Å². The average Bonchev–Trinajstić information content (AvgIpc) is 3.16. The van der Waals surface area contributed by atoms with Crippen LogP contribution in [-0.4, -0.2) is 40.6 Å². The van der Waals surface area contributed by atoms with Crippen LogP contribution >= 0.6 is 24.0 Å². The number of rotatable bonds is 2. The van der Waals surface area contributed by atoms with Crippen molar-refractivity contribution in [2.75, 3.05) is 26.2 Å². The fourth-order valence-electron chi connectivity index (χ4n) is 3.86. The Morgan fingerprint density at radius 3 is 3.00 bits per heavy atom. The maximum atomic E-state index is 6.09. The normalized spacial score (nSPS) is 25.2. The summed E-state index contributed by atoms with van der Waals surface area (Å²) in [5, 5.41) is 4.29. The lowest BCUT2D eigenvalue weighted by molar-refractivity contribution is 0.262. The molecule has 0 bridgehead atoms. The summed E-state index contributed by atoms with van der Waals surface area (Å²) in [6.07, 6.45) is 2.64. The molecule has 2 aromatic rings. The third-order valence-corrected chi connectivity index (χ3v) is 5.39. The zero-order valence-corrected chi connectivity index (χ0v) is 14.4. The quantitative estimate of drug-likeness (QED) is 0.912. The summed E-state index contributed by atoms with van der Waals surface area (Å²) in [6.45, 7) is 5.68. The van der Waals surface area contributed by atoms with Gasteiger partial charge in [-0.05, 0) is 49.5 Å². The highest BCUT2D eigenvalue weighted by atomic mass is 35.5. The Morgan fingerprint density at radius 2 is 2.23 bits per heavy atom. The van der Waals surface area contributed by atoms with Crippen LogP contribution in [0.4, 0.5) is 0 Å². The molecule has 4 nitrogen and oxygen atoms in total. The molecule has 22 heavy (non-hydrogen) atoms. The molecule has 0 amide bonds. The van der Waals surface area contributed by atoms with Crippen LogP contribution in [-0.2, 0) is 13.6 Å². The molecule has 1 spiro atoms. The number of aryl methyl sites for hydroxylation is 1. The van der Waals surface area contributed by atoms with Gasteiger partial charge < -0.3 is 9.88 Å². The molecule has 2 aliphatic rings. The molecule has 2 saturated heterocycles. The first-order valence-corrected chi connectivity index (χ1v) is 8.07. The van der Waals surface area contributed by atoms with Crippen LogP contribution in [0.1, 0.15) is 18.7 Å². The minimum atomic E-state index is 0. The summed E-state index contributed by atoms with van der Waals surface area (Å²) in [7, 11) is 2.09. The van der Waals surface area contributed by atoms with Gasteiger partial charge in [0, 0.05) is 25.2 Å². The van der Waals surface area contributed by atoms with E-state index in [1.54, 1.807) is 0 Å². The predicted octanol–water partition coefficient (Wildman–Crippen LogP) is 2.83. The summed E-state index contributed by atoms with van der Waals surface area (Å²) >= 11 is 6.09. The molecular weight excluding hydrogens is 319 g/mol. The molecule has 1 aromatic carbocycles. The van der Waals surface area contributed by atoms with Crippen molar-refractivity contribution in [2.24, 2.45) is 12.5 Å². The smallest absolute Gasteiger partial charge is 0.123 e. The van der Waals surface area contributed by atoms with E-state index in [2.05, 4.69) is 21.8 Å². The Balaban J connectivity index is 0.00000144. The number of likely N-dealkylation sites (tertiary alicyclic amines) is 1. The van der Waals surface area contributed by atoms with Gasteiger partial charge in [0.15, 0.2) is 0 Å². The average molecular weight is 341 g/mol. The first-order chi connectivity index (χ1) is 10.2. The van der Waals surface area contributed by atoms with Gasteiger partial charge in [-0.25, -0.2) is 4.98 Å². The number of fused-ring (bicyclic) bond motifs is 1. The van der Waals surface area contributed by atoms with Gasteiger partial charge in [-0.3, -0.25) is 4.90 Å². The molecule has 0 aliphatic carbocycles. The zero-order valence-electron chi connectivity index (χ0n) is 12.8. The molecule has 1 aromatic heterocycles. The number of aromatic nitrogens is 2. The zero-order chi connectivity index (χ0) is 14.4. The van der Waals surface area contributed by atoms with E-state index >= 15 is 0 Å². The van der Waals surface area contributed by atoms with Crippen molar-refractivity contribution in [1.29, 1.82) is 0 Å². The molecule has 1 N–H and O–H groups in total. The van der Waals surface area contributed by atoms with E-state index in [9.17, 15) is 0 Å². The van der Waals surface area contributed by atoms with Crippen molar-refractivity contribution in [3.05, 3.63) is 29.0 Å². The molecule has 3 heterocycles. The number of nitrogens with zero attached hydrogens (tertiary/aromatic N) is 3. The van der Waals surface area contributed by atoms with Crippen LogP contribution in [0.2, 0.25) is 5.02 Å². The maximum absolute atomic E-state index is 6.09. The first-order valence-electron chi connectivity index (χ1n) is 7.69. The van der Waals surface area contributed by atoms with E-state index in [1.807, 2.05) is 18.2 Å². The molecule has 1 unspecified atom stereocenters. The van der Waals surface area contributed by atoms with Gasteiger partial charge >= 0.3 is 0 Å². The molecule has 0 radical (unpaired) electrons. The molecular formula is C16H22Cl2N4. The number of hydrogen-bond acceptors (Lipinski definition) is 3. The third kappa shape index (κ3) is 2.73. The minimum Gasteiger partial charge on any atom is -0.330 e. The number of imidazole rings is 1. The lowest BCUT2D eigenvalue weighted by atomic mass is 9.87. The molecule has 120 valence electrons. The number of nitrogens with one attached hydrogen (secondary N) is 1. The van der Waals surface area contributed by atoms with Crippen LogP contribution in [0.15, 0.2) is 18.2 Å². The highest BCUT2D eigenvalue weighted by Gasteiger charge is 2.40. The molecule has 2 fully saturated rings. The summed E-state index contributed by atoms with van der Waals surface area (Å²) in [5.41, 5.74) is 2.68. The van der Waals surface area contributed by atoms with Gasteiger partial charge in [-0.15, -0.1) is 12.4 Å². The Hall–Kier alpha value is -0.810. The van der Waals surface area contributed by atoms with E-state index < -0.39 is 0 Å². The Morgan fingerprint density at radius 1 is 1.36 bits per heavy atom. The van der Waals surface area contributed by atoms with E-state index in [4.69, 9.17) is 16.6 Å². The summed E-state index contributed by atoms with van der Waals surface area (Å²) < 4.78 is 2.18. The van der Waals surface area contributed by atoms with Crippen molar-refractivity contribution in [2.45, 2.75) is 19.4 Å². The van der Waals surface area contributed by atoms with E-state index in [0.717, 1.165) is 28.4 Å². The largest absolute Gasteiger partial charge is 0.330 e. The topological polar surface area (TPSA) is 33.1 Å². The second kappa shape index (κ2) is 6.00. The fraction of sp³-hybridized carbons (Fsp3) is 0.562. The Bertz CT molecular complexity index is 676. The Kier molecular flexibility index (Phi) is 4.38. The van der Waals surface area contributed by atoms with E-state index in [-0.39, 0.29) is 12.4 Å². The second-order valence-electron chi connectivity index (χ2n) is 6.61. The van der Waals surface area contributed by atoms with Crippen LogP contribution in [0.5, 0.6) is 0 Å². The number of hydrogen-bond donors (Lipinski definition) is 1. The highest BCUT2D eigenvalue weighted by Crippen LogP contribution is 2.36. The van der Waals surface area contributed by atoms with Crippen molar-refractivity contribution < 1.29 is 0 Å². The van der Waals surface area contributed by atoms with Crippen molar-refractivity contribution >= 4 is 35.0 Å². The van der Waals surface area contributed by atoms with Gasteiger partial charge in [0.2, 0.25) is 0 Å². The van der Waals surface area contributed by atoms with Crippen molar-refractivity contribution in [3.63, 3.8) is 0 Å². The monoisotopic (exact) mass is 340 g/mol. The van der Waals surface area contributed by atoms with Gasteiger partial charge in [-0.1, -0.05) is 11.6 Å². The molecule has 0 saturated carbocycles. The SMILES string of the molecule is Cl.Cn1c(CN2CCC3(CCNC3)C2)nc2ccc(Cl)cc21. The fourth-order valence-corrected chi connectivity index (χ4v) is 4.03. The standard InChI is InChI=1S/C16H21ClN4.ClH/c1-20-14-8-12(17)2-3-13(14)19-15(20)9-21-7-5-16(11-21)4-6-18-10-16;/h2-3,8,18H,4-7,9-11H2,1H3;1H. The minimum absolute atomic E-state index is 0. The molecule has 4 rings (SSSR count). The lowest BCUT2D eigenvalue weighted by Gasteiger charge is -2.22. The lowest BCUT2D eigenvalue weighted by Crippen LogP contribution is -2.29. The molecule has 2 aliphatic heterocycles. The van der Waals surface area contributed by atoms with Crippen LogP contribution < -0.4 is 5.32 Å². The summed E-state index contributed by atoms with van der Waals surface area (Å²) in [5.74, 6) is 1.13. The van der Waals surface area contributed by atoms with Crippen LogP contribution in [0, 0.1) is 5.41 Å². The van der Waals surface area contributed by atoms with Gasteiger partial charge in [-0.2, -0.15) is 0 Å². The van der Waals surface area contributed by atoms with E-state index in [1.165, 1.54) is 39.0 Å². The second-order valence-corrected chi connectivity index (χ2v) is 7.04. The maximum Gasteiger partial charge on any atom is 0.123 e. The Labute approximate surface area is 142 Å². The van der Waals surface area contributed by atoms with Crippen LogP contribution in [0.25, 0.3) is 11.0 Å². The van der Waals surface area contributed by atoms with Gasteiger partial charge in [0.25, 0.3) is 0 Å².